The fraction of sp³-hybridized carbons (Fsp3) is 0.643. The first-order valence-electron chi connectivity index (χ1n) is 7.13. The molecule has 21 heavy (non-hydrogen) atoms. The molecule has 7 heteroatoms. The summed E-state index contributed by atoms with van der Waals surface area (Å²) in [5, 5.41) is -0.482. The van der Waals surface area contributed by atoms with Gasteiger partial charge in [0.2, 0.25) is 0 Å². The van der Waals surface area contributed by atoms with Gasteiger partial charge in [-0.2, -0.15) is 11.8 Å². The fourth-order valence-electron chi connectivity index (χ4n) is 2.37. The smallest absolute Gasteiger partial charge is 0.171 e. The first kappa shape index (κ1) is 16.9. The van der Waals surface area contributed by atoms with Crippen molar-refractivity contribution in [3.8, 4) is 0 Å². The number of nitrogens with zero attached hydrogens (tertiary/aromatic N) is 2. The average molecular weight is 349 g/mol. The molecule has 0 amide bonds. The minimum atomic E-state index is -3.13. The Kier molecular flexibility index (Phi) is 5.80. The number of aromatic nitrogens is 1. The van der Waals surface area contributed by atoms with Crippen molar-refractivity contribution in [3.63, 3.8) is 0 Å². The number of pyridine rings is 1. The lowest BCUT2D eigenvalue weighted by atomic mass is 10.2. The Labute approximate surface area is 136 Å². The van der Waals surface area contributed by atoms with Gasteiger partial charge in [-0.25, -0.2) is 13.4 Å². The summed E-state index contributed by atoms with van der Waals surface area (Å²) in [6.07, 6.45) is 0.811. The van der Waals surface area contributed by atoms with Crippen LogP contribution in [-0.2, 0) is 22.1 Å². The molecule has 0 radical (unpaired) electrons. The van der Waals surface area contributed by atoms with Crippen LogP contribution in [0, 0.1) is 0 Å². The van der Waals surface area contributed by atoms with Gasteiger partial charge >= 0.3 is 0 Å². The van der Waals surface area contributed by atoms with Crippen molar-refractivity contribution in [2.45, 2.75) is 31.5 Å². The third-order valence-electron chi connectivity index (χ3n) is 3.64. The van der Waals surface area contributed by atoms with E-state index in [0.29, 0.717) is 18.2 Å². The zero-order valence-corrected chi connectivity index (χ0v) is 14.8. The van der Waals surface area contributed by atoms with Gasteiger partial charge in [0.15, 0.2) is 9.84 Å². The molecule has 1 aliphatic heterocycles. The van der Waals surface area contributed by atoms with Gasteiger partial charge in [-0.05, 0) is 24.1 Å². The summed E-state index contributed by atoms with van der Waals surface area (Å²) in [7, 11) is -3.13. The number of hydrogen-bond acceptors (Lipinski definition) is 5. The molecule has 1 atom stereocenters. The van der Waals surface area contributed by atoms with Crippen molar-refractivity contribution >= 4 is 39.0 Å². The predicted molar refractivity (Wildman–Crippen MR) is 91.1 cm³/mol. The highest BCUT2D eigenvalue weighted by atomic mass is 35.5. The molecule has 0 N–H and O–H groups in total. The summed E-state index contributed by atoms with van der Waals surface area (Å²) >= 11 is 7.64. The van der Waals surface area contributed by atoms with E-state index in [2.05, 4.69) is 4.98 Å². The Morgan fingerprint density at radius 1 is 1.43 bits per heavy atom. The van der Waals surface area contributed by atoms with Crippen molar-refractivity contribution in [1.29, 1.82) is 0 Å². The van der Waals surface area contributed by atoms with Gasteiger partial charge < -0.3 is 4.90 Å². The van der Waals surface area contributed by atoms with E-state index in [1.165, 1.54) is 0 Å². The standard InChI is InChI=1S/C14H21ClN2O2S2/c1-3-12-7-11(9-15)8-13(16-12)17-5-6-20-10-14(17)21(18,19)4-2/h7-8,14H,3-6,9-10H2,1-2H3. The Hall–Kier alpha value is -0.460. The van der Waals surface area contributed by atoms with Crippen molar-refractivity contribution in [2.24, 2.45) is 0 Å². The van der Waals surface area contributed by atoms with Crippen LogP contribution in [0.25, 0.3) is 0 Å². The second-order valence-electron chi connectivity index (χ2n) is 4.99. The summed E-state index contributed by atoms with van der Waals surface area (Å²) in [5.74, 6) is 2.84. The molecule has 1 aromatic rings. The topological polar surface area (TPSA) is 50.3 Å². The Bertz CT molecular complexity index is 570. The first-order valence-corrected chi connectivity index (χ1v) is 10.5. The van der Waals surface area contributed by atoms with Gasteiger partial charge in [-0.1, -0.05) is 13.8 Å². The number of sulfone groups is 1. The monoisotopic (exact) mass is 348 g/mol. The third-order valence-corrected chi connectivity index (χ3v) is 7.23. The number of hydrogen-bond donors (Lipinski definition) is 0. The first-order chi connectivity index (χ1) is 10.0. The molecule has 118 valence electrons. The molecule has 4 nitrogen and oxygen atoms in total. The second kappa shape index (κ2) is 7.20. The number of alkyl halides is 1. The molecule has 1 saturated heterocycles. The number of rotatable bonds is 5. The summed E-state index contributed by atoms with van der Waals surface area (Å²) in [6, 6.07) is 3.90. The van der Waals surface area contributed by atoms with Crippen LogP contribution in [0.15, 0.2) is 12.1 Å². The summed E-state index contributed by atoms with van der Waals surface area (Å²) in [5.41, 5.74) is 1.94. The lowest BCUT2D eigenvalue weighted by molar-refractivity contribution is 0.578. The van der Waals surface area contributed by atoms with Crippen molar-refractivity contribution in [2.75, 3.05) is 28.7 Å². The van der Waals surface area contributed by atoms with E-state index in [1.54, 1.807) is 18.7 Å². The quantitative estimate of drug-likeness (QED) is 0.766. The molecular weight excluding hydrogens is 328 g/mol. The lowest BCUT2D eigenvalue weighted by Gasteiger charge is -2.36. The second-order valence-corrected chi connectivity index (χ2v) is 8.85. The summed E-state index contributed by atoms with van der Waals surface area (Å²) < 4.78 is 24.7. The molecule has 1 aromatic heterocycles. The molecular formula is C14H21ClN2O2S2. The molecule has 2 rings (SSSR count). The van der Waals surface area contributed by atoms with E-state index in [-0.39, 0.29) is 5.75 Å². The Morgan fingerprint density at radius 3 is 2.81 bits per heavy atom. The molecule has 0 aromatic carbocycles. The highest BCUT2D eigenvalue weighted by molar-refractivity contribution is 8.01. The Balaban J connectivity index is 2.42. The van der Waals surface area contributed by atoms with Crippen LogP contribution in [0.1, 0.15) is 25.1 Å². The van der Waals surface area contributed by atoms with E-state index in [9.17, 15) is 8.42 Å². The molecule has 0 aliphatic carbocycles. The number of aryl methyl sites for hydroxylation is 1. The third kappa shape index (κ3) is 3.85. The average Bonchev–Trinajstić information content (AvgIpc) is 2.54. The minimum Gasteiger partial charge on any atom is -0.338 e. The SMILES string of the molecule is CCc1cc(CCl)cc(N2CCSCC2S(=O)(=O)CC)n1. The maximum absolute atomic E-state index is 12.3. The molecule has 1 unspecified atom stereocenters. The van der Waals surface area contributed by atoms with Crippen molar-refractivity contribution < 1.29 is 8.42 Å². The zero-order chi connectivity index (χ0) is 15.5. The molecule has 0 saturated carbocycles. The fourth-order valence-corrected chi connectivity index (χ4v) is 5.50. The van der Waals surface area contributed by atoms with Crippen LogP contribution >= 0.6 is 23.4 Å². The number of anilines is 1. The maximum Gasteiger partial charge on any atom is 0.171 e. The van der Waals surface area contributed by atoms with Crippen molar-refractivity contribution in [3.05, 3.63) is 23.4 Å². The van der Waals surface area contributed by atoms with Gasteiger partial charge in [-0.3, -0.25) is 0 Å². The molecule has 0 bridgehead atoms. The minimum absolute atomic E-state index is 0.157. The van der Waals surface area contributed by atoms with Crippen molar-refractivity contribution in [1.82, 2.24) is 4.98 Å². The summed E-state index contributed by atoms with van der Waals surface area (Å²) in [4.78, 5) is 6.55. The van der Waals surface area contributed by atoms with E-state index < -0.39 is 15.2 Å². The van der Waals surface area contributed by atoms with Crippen LogP contribution in [0.2, 0.25) is 0 Å². The van der Waals surface area contributed by atoms with Gasteiger partial charge in [0.1, 0.15) is 11.2 Å². The van der Waals surface area contributed by atoms with E-state index in [4.69, 9.17) is 11.6 Å². The van der Waals surface area contributed by atoms with Gasteiger partial charge in [0, 0.05) is 35.4 Å². The highest BCUT2D eigenvalue weighted by Gasteiger charge is 2.33. The van der Waals surface area contributed by atoms with E-state index >= 15 is 0 Å². The zero-order valence-electron chi connectivity index (χ0n) is 12.4. The molecule has 2 heterocycles. The number of halogens is 1. The molecule has 1 aliphatic rings. The normalized spacial score (nSPS) is 19.8. The highest BCUT2D eigenvalue weighted by Crippen LogP contribution is 2.27. The van der Waals surface area contributed by atoms with E-state index in [1.807, 2.05) is 24.0 Å². The van der Waals surface area contributed by atoms with Gasteiger partial charge in [0.05, 0.1) is 0 Å². The largest absolute Gasteiger partial charge is 0.338 e. The van der Waals surface area contributed by atoms with Crippen LogP contribution in [0.3, 0.4) is 0 Å². The molecule has 1 fully saturated rings. The summed E-state index contributed by atoms with van der Waals surface area (Å²) in [6.45, 7) is 4.44. The lowest BCUT2D eigenvalue weighted by Crippen LogP contribution is -2.48. The van der Waals surface area contributed by atoms with Crippen LogP contribution in [0.5, 0.6) is 0 Å². The van der Waals surface area contributed by atoms with Crippen LogP contribution in [0.4, 0.5) is 5.82 Å². The van der Waals surface area contributed by atoms with Crippen LogP contribution < -0.4 is 4.90 Å². The van der Waals surface area contributed by atoms with Gasteiger partial charge in [0.25, 0.3) is 0 Å². The Morgan fingerprint density at radius 2 is 2.19 bits per heavy atom. The maximum atomic E-state index is 12.3. The molecule has 0 spiro atoms. The number of thioether (sulfide) groups is 1. The van der Waals surface area contributed by atoms with E-state index in [0.717, 1.165) is 29.2 Å². The van der Waals surface area contributed by atoms with Crippen LogP contribution in [-0.4, -0.2) is 42.6 Å². The van der Waals surface area contributed by atoms with Gasteiger partial charge in [-0.15, -0.1) is 11.6 Å². The predicted octanol–water partition coefficient (Wildman–Crippen LogP) is 2.70.